The zero-order chi connectivity index (χ0) is 19.7. The summed E-state index contributed by atoms with van der Waals surface area (Å²) in [4.78, 5) is 1.46. The van der Waals surface area contributed by atoms with Crippen molar-refractivity contribution in [3.63, 3.8) is 0 Å². The van der Waals surface area contributed by atoms with Crippen LogP contribution in [0.3, 0.4) is 0 Å². The number of piperidine rings is 1. The van der Waals surface area contributed by atoms with Crippen molar-refractivity contribution < 1.29 is 21.6 Å². The van der Waals surface area contributed by atoms with Crippen molar-refractivity contribution >= 4 is 33.0 Å². The van der Waals surface area contributed by atoms with Crippen LogP contribution in [0.25, 0.3) is 0 Å². The normalized spacial score (nSPS) is 15.6. The van der Waals surface area contributed by atoms with Crippen molar-refractivity contribution in [2.24, 2.45) is 0 Å². The average Bonchev–Trinajstić information content (AvgIpc) is 2.62. The second kappa shape index (κ2) is 7.59. The highest BCUT2D eigenvalue weighted by atomic mass is 35.5. The molecule has 2 aromatic rings. The van der Waals surface area contributed by atoms with E-state index in [2.05, 4.69) is 9.62 Å². The molecule has 0 amide bonds. The summed E-state index contributed by atoms with van der Waals surface area (Å²) in [6.45, 7) is 1.59. The first-order valence-corrected chi connectivity index (χ1v) is 10.3. The predicted octanol–water partition coefficient (Wildman–Crippen LogP) is 5.15. The van der Waals surface area contributed by atoms with Gasteiger partial charge in [0.25, 0.3) is 10.0 Å². The molecule has 0 aromatic heterocycles. The van der Waals surface area contributed by atoms with Gasteiger partial charge in [0.05, 0.1) is 22.0 Å². The third-order valence-corrected chi connectivity index (χ3v) is 6.24. The molecule has 27 heavy (non-hydrogen) atoms. The molecular weight excluding hydrogens is 401 g/mol. The van der Waals surface area contributed by atoms with Crippen LogP contribution in [0, 0.1) is 0 Å². The van der Waals surface area contributed by atoms with Crippen LogP contribution < -0.4 is 9.62 Å². The zero-order valence-electron chi connectivity index (χ0n) is 14.3. The van der Waals surface area contributed by atoms with E-state index < -0.39 is 26.7 Å². The number of sulfonamides is 1. The lowest BCUT2D eigenvalue weighted by Crippen LogP contribution is -2.30. The Kier molecular flexibility index (Phi) is 5.58. The molecule has 1 aliphatic heterocycles. The molecular formula is C18H18ClF3N2O2S. The number of hydrogen-bond acceptors (Lipinski definition) is 3. The SMILES string of the molecule is O=S(=O)(Nc1ccccc1N1CCCCC1)c1cc(C(F)(F)F)ccc1Cl. The highest BCUT2D eigenvalue weighted by Gasteiger charge is 2.33. The highest BCUT2D eigenvalue weighted by Crippen LogP contribution is 2.35. The number of nitrogens with zero attached hydrogens (tertiary/aromatic N) is 1. The minimum Gasteiger partial charge on any atom is -0.370 e. The first-order valence-electron chi connectivity index (χ1n) is 8.42. The summed E-state index contributed by atoms with van der Waals surface area (Å²) in [6, 6.07) is 9.07. The molecule has 0 bridgehead atoms. The molecule has 0 unspecified atom stereocenters. The number of nitrogens with one attached hydrogen (secondary N) is 1. The van der Waals surface area contributed by atoms with Crippen LogP contribution in [-0.2, 0) is 16.2 Å². The first-order chi connectivity index (χ1) is 12.7. The lowest BCUT2D eigenvalue weighted by Gasteiger charge is -2.30. The van der Waals surface area contributed by atoms with Gasteiger partial charge in [-0.1, -0.05) is 23.7 Å². The van der Waals surface area contributed by atoms with Crippen molar-refractivity contribution in [3.8, 4) is 0 Å². The molecule has 4 nitrogen and oxygen atoms in total. The fraction of sp³-hybridized carbons (Fsp3) is 0.333. The number of halogens is 4. The van der Waals surface area contributed by atoms with Crippen molar-refractivity contribution in [2.75, 3.05) is 22.7 Å². The van der Waals surface area contributed by atoms with Gasteiger partial charge in [-0.15, -0.1) is 0 Å². The Morgan fingerprint density at radius 1 is 1.00 bits per heavy atom. The third-order valence-electron chi connectivity index (χ3n) is 4.39. The molecule has 0 aliphatic carbocycles. The number of hydrogen-bond donors (Lipinski definition) is 1. The van der Waals surface area contributed by atoms with Gasteiger partial charge in [-0.3, -0.25) is 4.72 Å². The Morgan fingerprint density at radius 3 is 2.33 bits per heavy atom. The van der Waals surface area contributed by atoms with E-state index in [0.29, 0.717) is 17.4 Å². The molecule has 0 spiro atoms. The van der Waals surface area contributed by atoms with Crippen molar-refractivity contribution in [2.45, 2.75) is 30.3 Å². The summed E-state index contributed by atoms with van der Waals surface area (Å²) in [5, 5.41) is -0.272. The standard InChI is InChI=1S/C18H18ClF3N2O2S/c19-14-9-8-13(18(20,21)22)12-17(14)27(25,26)23-15-6-2-3-7-16(15)24-10-4-1-5-11-24/h2-3,6-9,12,23H,1,4-5,10-11H2. The van der Waals surface area contributed by atoms with E-state index in [1.807, 2.05) is 0 Å². The second-order valence-electron chi connectivity index (χ2n) is 6.31. The summed E-state index contributed by atoms with van der Waals surface area (Å²) in [5.41, 5.74) is -0.0617. The van der Waals surface area contributed by atoms with Crippen LogP contribution in [-0.4, -0.2) is 21.5 Å². The van der Waals surface area contributed by atoms with E-state index >= 15 is 0 Å². The minimum atomic E-state index is -4.67. The molecule has 1 saturated heterocycles. The molecule has 0 radical (unpaired) electrons. The van der Waals surface area contributed by atoms with E-state index in [-0.39, 0.29) is 5.02 Å². The lowest BCUT2D eigenvalue weighted by molar-refractivity contribution is -0.137. The van der Waals surface area contributed by atoms with E-state index in [0.717, 1.165) is 44.5 Å². The van der Waals surface area contributed by atoms with Gasteiger partial charge in [0.2, 0.25) is 0 Å². The van der Waals surface area contributed by atoms with Gasteiger partial charge in [-0.25, -0.2) is 8.42 Å². The maximum absolute atomic E-state index is 13.0. The quantitative estimate of drug-likeness (QED) is 0.747. The van der Waals surface area contributed by atoms with Crippen molar-refractivity contribution in [1.29, 1.82) is 0 Å². The molecule has 146 valence electrons. The Hall–Kier alpha value is -1.93. The van der Waals surface area contributed by atoms with Crippen molar-refractivity contribution in [3.05, 3.63) is 53.1 Å². The van der Waals surface area contributed by atoms with Gasteiger partial charge in [-0.05, 0) is 49.6 Å². The zero-order valence-corrected chi connectivity index (χ0v) is 15.8. The van der Waals surface area contributed by atoms with Gasteiger partial charge in [0.1, 0.15) is 4.90 Å². The van der Waals surface area contributed by atoms with Gasteiger partial charge < -0.3 is 4.90 Å². The van der Waals surface area contributed by atoms with Gasteiger partial charge in [0, 0.05) is 13.1 Å². The average molecular weight is 419 g/mol. The fourth-order valence-corrected chi connectivity index (χ4v) is 4.66. The van der Waals surface area contributed by atoms with E-state index in [1.165, 1.54) is 0 Å². The largest absolute Gasteiger partial charge is 0.416 e. The smallest absolute Gasteiger partial charge is 0.370 e. The molecule has 1 aliphatic rings. The molecule has 1 heterocycles. The summed E-state index contributed by atoms with van der Waals surface area (Å²) >= 11 is 5.89. The fourth-order valence-electron chi connectivity index (χ4n) is 3.06. The number of benzene rings is 2. The number of rotatable bonds is 4. The first kappa shape index (κ1) is 19.8. The molecule has 1 fully saturated rings. The summed E-state index contributed by atoms with van der Waals surface area (Å²) in [7, 11) is -4.30. The van der Waals surface area contributed by atoms with Gasteiger partial charge in [0.15, 0.2) is 0 Å². The van der Waals surface area contributed by atoms with Gasteiger partial charge in [-0.2, -0.15) is 13.2 Å². The Labute approximate surface area is 161 Å². The van der Waals surface area contributed by atoms with Crippen LogP contribution in [0.15, 0.2) is 47.4 Å². The monoisotopic (exact) mass is 418 g/mol. The molecule has 0 atom stereocenters. The predicted molar refractivity (Wildman–Crippen MR) is 99.8 cm³/mol. The minimum absolute atomic E-state index is 0.272. The van der Waals surface area contributed by atoms with Crippen molar-refractivity contribution in [1.82, 2.24) is 0 Å². The van der Waals surface area contributed by atoms with Crippen LogP contribution in [0.2, 0.25) is 5.02 Å². The molecule has 3 rings (SSSR count). The Balaban J connectivity index is 1.96. The molecule has 1 N–H and O–H groups in total. The van der Waals surface area contributed by atoms with E-state index in [9.17, 15) is 21.6 Å². The highest BCUT2D eigenvalue weighted by molar-refractivity contribution is 7.92. The Morgan fingerprint density at radius 2 is 1.67 bits per heavy atom. The lowest BCUT2D eigenvalue weighted by atomic mass is 10.1. The van der Waals surface area contributed by atoms with E-state index in [1.54, 1.807) is 24.3 Å². The van der Waals surface area contributed by atoms with Crippen LogP contribution >= 0.6 is 11.6 Å². The summed E-state index contributed by atoms with van der Waals surface area (Å²) < 4.78 is 66.8. The molecule has 0 saturated carbocycles. The number of anilines is 2. The van der Waals surface area contributed by atoms with Gasteiger partial charge >= 0.3 is 6.18 Å². The topological polar surface area (TPSA) is 49.4 Å². The number of para-hydroxylation sites is 2. The molecule has 9 heteroatoms. The summed E-state index contributed by atoms with van der Waals surface area (Å²) in [6.07, 6.45) is -1.55. The molecule has 2 aromatic carbocycles. The number of alkyl halides is 3. The van der Waals surface area contributed by atoms with Crippen LogP contribution in [0.5, 0.6) is 0 Å². The maximum atomic E-state index is 13.0. The second-order valence-corrected chi connectivity index (χ2v) is 8.37. The maximum Gasteiger partial charge on any atom is 0.416 e. The van der Waals surface area contributed by atoms with Crippen LogP contribution in [0.4, 0.5) is 24.5 Å². The summed E-state index contributed by atoms with van der Waals surface area (Å²) in [5.74, 6) is 0. The Bertz CT molecular complexity index is 926. The third kappa shape index (κ3) is 4.50. The van der Waals surface area contributed by atoms with Crippen LogP contribution in [0.1, 0.15) is 24.8 Å². The van der Waals surface area contributed by atoms with E-state index in [4.69, 9.17) is 11.6 Å².